The summed E-state index contributed by atoms with van der Waals surface area (Å²) in [7, 11) is 0. The van der Waals surface area contributed by atoms with Gasteiger partial charge in [0.1, 0.15) is 5.78 Å². The molecule has 0 bridgehead atoms. The molecule has 2 atom stereocenters. The normalized spacial score (nSPS) is 28.4. The van der Waals surface area contributed by atoms with Gasteiger partial charge in [-0.15, -0.1) is 0 Å². The van der Waals surface area contributed by atoms with Gasteiger partial charge in [-0.2, -0.15) is 13.2 Å². The molecule has 1 nitrogen and oxygen atoms in total. The van der Waals surface area contributed by atoms with Crippen LogP contribution in [0.25, 0.3) is 0 Å². The SMILES string of the molecule is CC1C(=O)CCC1CCSC(F)(F)F. The van der Waals surface area contributed by atoms with Crippen molar-refractivity contribution in [2.75, 3.05) is 5.75 Å². The molecule has 0 aromatic heterocycles. The van der Waals surface area contributed by atoms with Gasteiger partial charge in [0.2, 0.25) is 0 Å². The van der Waals surface area contributed by atoms with E-state index in [0.29, 0.717) is 12.8 Å². The third-order valence-corrected chi connectivity index (χ3v) is 3.50. The first-order valence-electron chi connectivity index (χ1n) is 4.63. The molecule has 1 aliphatic carbocycles. The Labute approximate surface area is 85.4 Å². The largest absolute Gasteiger partial charge is 0.441 e. The summed E-state index contributed by atoms with van der Waals surface area (Å²) < 4.78 is 35.4. The van der Waals surface area contributed by atoms with Crippen molar-refractivity contribution in [3.63, 3.8) is 0 Å². The van der Waals surface area contributed by atoms with Crippen molar-refractivity contribution in [1.82, 2.24) is 0 Å². The fourth-order valence-electron chi connectivity index (χ4n) is 1.79. The molecule has 14 heavy (non-hydrogen) atoms. The van der Waals surface area contributed by atoms with Crippen LogP contribution in [0.4, 0.5) is 13.2 Å². The summed E-state index contributed by atoms with van der Waals surface area (Å²) in [5.41, 5.74) is -4.13. The molecule has 0 aliphatic heterocycles. The maximum Gasteiger partial charge on any atom is 0.441 e. The van der Waals surface area contributed by atoms with Gasteiger partial charge in [0, 0.05) is 18.1 Å². The van der Waals surface area contributed by atoms with Crippen molar-refractivity contribution in [3.05, 3.63) is 0 Å². The number of thioether (sulfide) groups is 1. The van der Waals surface area contributed by atoms with Gasteiger partial charge >= 0.3 is 5.51 Å². The van der Waals surface area contributed by atoms with E-state index in [4.69, 9.17) is 0 Å². The Morgan fingerprint density at radius 3 is 2.57 bits per heavy atom. The molecule has 0 heterocycles. The minimum atomic E-state index is -4.13. The average molecular weight is 226 g/mol. The molecule has 0 radical (unpaired) electrons. The van der Waals surface area contributed by atoms with Crippen LogP contribution in [-0.2, 0) is 4.79 Å². The molecule has 1 fully saturated rings. The molecular formula is C9H13F3OS. The molecule has 0 saturated heterocycles. The Morgan fingerprint density at radius 2 is 2.14 bits per heavy atom. The van der Waals surface area contributed by atoms with E-state index in [9.17, 15) is 18.0 Å². The van der Waals surface area contributed by atoms with E-state index in [1.165, 1.54) is 0 Å². The zero-order chi connectivity index (χ0) is 10.8. The van der Waals surface area contributed by atoms with E-state index in [1.54, 1.807) is 0 Å². The lowest BCUT2D eigenvalue weighted by Crippen LogP contribution is -2.12. The third kappa shape index (κ3) is 3.52. The predicted octanol–water partition coefficient (Wildman–Crippen LogP) is 3.24. The highest BCUT2D eigenvalue weighted by Crippen LogP contribution is 2.35. The van der Waals surface area contributed by atoms with E-state index in [1.807, 2.05) is 6.92 Å². The van der Waals surface area contributed by atoms with Crippen LogP contribution in [0, 0.1) is 11.8 Å². The van der Waals surface area contributed by atoms with E-state index >= 15 is 0 Å². The van der Waals surface area contributed by atoms with E-state index < -0.39 is 5.51 Å². The fourth-order valence-corrected chi connectivity index (χ4v) is 2.44. The number of carbonyl (C=O) groups excluding carboxylic acids is 1. The van der Waals surface area contributed by atoms with Crippen LogP contribution >= 0.6 is 11.8 Å². The van der Waals surface area contributed by atoms with Crippen LogP contribution in [0.15, 0.2) is 0 Å². The molecule has 0 spiro atoms. The Hall–Kier alpha value is -0.190. The van der Waals surface area contributed by atoms with Gasteiger partial charge < -0.3 is 0 Å². The average Bonchev–Trinajstić information content (AvgIpc) is 2.33. The number of halogens is 3. The molecule has 1 saturated carbocycles. The minimum absolute atomic E-state index is 0.0124. The molecule has 1 aliphatic rings. The van der Waals surface area contributed by atoms with Crippen molar-refractivity contribution in [1.29, 1.82) is 0 Å². The van der Waals surface area contributed by atoms with E-state index in [0.717, 1.165) is 6.42 Å². The van der Waals surface area contributed by atoms with Gasteiger partial charge in [0.15, 0.2) is 0 Å². The Kier molecular flexibility index (Phi) is 3.86. The number of hydrogen-bond donors (Lipinski definition) is 0. The van der Waals surface area contributed by atoms with Crippen LogP contribution in [0.1, 0.15) is 26.2 Å². The summed E-state index contributed by atoms with van der Waals surface area (Å²) in [5, 5.41) is 0. The van der Waals surface area contributed by atoms with Gasteiger partial charge in [-0.25, -0.2) is 0 Å². The lowest BCUT2D eigenvalue weighted by molar-refractivity contribution is -0.120. The van der Waals surface area contributed by atoms with Crippen molar-refractivity contribution in [3.8, 4) is 0 Å². The lowest BCUT2D eigenvalue weighted by atomic mass is 9.95. The van der Waals surface area contributed by atoms with Crippen LogP contribution in [0.5, 0.6) is 0 Å². The topological polar surface area (TPSA) is 17.1 Å². The van der Waals surface area contributed by atoms with Crippen molar-refractivity contribution < 1.29 is 18.0 Å². The second-order valence-electron chi connectivity index (χ2n) is 3.64. The second kappa shape index (κ2) is 4.55. The van der Waals surface area contributed by atoms with Crippen LogP contribution in [0.3, 0.4) is 0 Å². The first-order chi connectivity index (χ1) is 6.40. The lowest BCUT2D eigenvalue weighted by Gasteiger charge is -2.13. The second-order valence-corrected chi connectivity index (χ2v) is 4.80. The van der Waals surface area contributed by atoms with Crippen molar-refractivity contribution >= 4 is 17.5 Å². The standard InChI is InChI=1S/C9H13F3OS/c1-6-7(2-3-8(6)13)4-5-14-9(10,11)12/h6-7H,2-5H2,1H3. The number of carbonyl (C=O) groups is 1. The van der Waals surface area contributed by atoms with Gasteiger partial charge in [-0.05, 0) is 18.8 Å². The van der Waals surface area contributed by atoms with Crippen molar-refractivity contribution in [2.24, 2.45) is 11.8 Å². The summed E-state index contributed by atoms with van der Waals surface area (Å²) >= 11 is 0.0124. The number of ketones is 1. The highest BCUT2D eigenvalue weighted by atomic mass is 32.2. The van der Waals surface area contributed by atoms with Gasteiger partial charge in [-0.1, -0.05) is 18.7 Å². The highest BCUT2D eigenvalue weighted by molar-refractivity contribution is 8.00. The highest BCUT2D eigenvalue weighted by Gasteiger charge is 2.32. The number of Topliss-reactive ketones (excluding diaryl/α,β-unsaturated/α-hetero) is 1. The summed E-state index contributed by atoms with van der Waals surface area (Å²) in [6.07, 6.45) is 1.80. The number of alkyl halides is 3. The Morgan fingerprint density at radius 1 is 1.50 bits per heavy atom. The maximum absolute atomic E-state index is 11.8. The van der Waals surface area contributed by atoms with Crippen LogP contribution in [-0.4, -0.2) is 17.0 Å². The molecular weight excluding hydrogens is 213 g/mol. The quantitative estimate of drug-likeness (QED) is 0.734. The van der Waals surface area contributed by atoms with E-state index in [-0.39, 0.29) is 35.1 Å². The first kappa shape index (κ1) is 11.9. The zero-order valence-corrected chi connectivity index (χ0v) is 8.75. The molecule has 0 aromatic carbocycles. The molecule has 5 heteroatoms. The maximum atomic E-state index is 11.8. The number of hydrogen-bond acceptors (Lipinski definition) is 2. The Bertz CT molecular complexity index is 215. The third-order valence-electron chi connectivity index (χ3n) is 2.73. The molecule has 0 aromatic rings. The first-order valence-corrected chi connectivity index (χ1v) is 5.62. The minimum Gasteiger partial charge on any atom is -0.299 e. The zero-order valence-electron chi connectivity index (χ0n) is 7.93. The smallest absolute Gasteiger partial charge is 0.299 e. The Balaban J connectivity index is 2.23. The van der Waals surface area contributed by atoms with Crippen LogP contribution < -0.4 is 0 Å². The number of rotatable bonds is 3. The predicted molar refractivity (Wildman–Crippen MR) is 50.0 cm³/mol. The fraction of sp³-hybridized carbons (Fsp3) is 0.889. The molecule has 0 N–H and O–H groups in total. The molecule has 2 unspecified atom stereocenters. The van der Waals surface area contributed by atoms with Gasteiger partial charge in [0.25, 0.3) is 0 Å². The summed E-state index contributed by atoms with van der Waals surface area (Å²) in [6, 6.07) is 0. The van der Waals surface area contributed by atoms with E-state index in [2.05, 4.69) is 0 Å². The molecule has 0 amide bonds. The monoisotopic (exact) mass is 226 g/mol. The molecule has 1 rings (SSSR count). The summed E-state index contributed by atoms with van der Waals surface area (Å²) in [4.78, 5) is 11.1. The van der Waals surface area contributed by atoms with Crippen molar-refractivity contribution in [2.45, 2.75) is 31.7 Å². The summed E-state index contributed by atoms with van der Waals surface area (Å²) in [5.74, 6) is 0.402. The van der Waals surface area contributed by atoms with Gasteiger partial charge in [-0.3, -0.25) is 4.79 Å². The molecule has 82 valence electrons. The van der Waals surface area contributed by atoms with Gasteiger partial charge in [0.05, 0.1) is 0 Å². The van der Waals surface area contributed by atoms with Crippen LogP contribution in [0.2, 0.25) is 0 Å². The summed E-state index contributed by atoms with van der Waals surface area (Å²) in [6.45, 7) is 1.82.